The predicted octanol–water partition coefficient (Wildman–Crippen LogP) is 1.74. The summed E-state index contributed by atoms with van der Waals surface area (Å²) >= 11 is 0. The first kappa shape index (κ1) is 11.4. The van der Waals surface area contributed by atoms with Gasteiger partial charge in [0, 0.05) is 0 Å². The van der Waals surface area contributed by atoms with Crippen LogP contribution in [-0.4, -0.2) is 17.6 Å². The second-order valence-electron chi connectivity index (χ2n) is 3.58. The Bertz CT molecular complexity index is 386. The lowest BCUT2D eigenvalue weighted by Crippen LogP contribution is -2.21. The van der Waals surface area contributed by atoms with Crippen molar-refractivity contribution in [2.45, 2.75) is 20.8 Å². The topological polar surface area (TPSA) is 67.8 Å². The van der Waals surface area contributed by atoms with Crippen molar-refractivity contribution >= 4 is 5.84 Å². The monoisotopic (exact) mass is 208 g/mol. The quantitative estimate of drug-likeness (QED) is 0.344. The molecule has 0 saturated heterocycles. The van der Waals surface area contributed by atoms with Gasteiger partial charge < -0.3 is 15.7 Å². The first-order chi connectivity index (χ1) is 7.04. The molecule has 0 spiro atoms. The van der Waals surface area contributed by atoms with Crippen molar-refractivity contribution in [2.24, 2.45) is 10.9 Å². The molecule has 0 atom stereocenters. The van der Waals surface area contributed by atoms with Crippen LogP contribution >= 0.6 is 0 Å². The number of hydrogen-bond donors (Lipinski definition) is 2. The summed E-state index contributed by atoms with van der Waals surface area (Å²) in [6.45, 7) is 6.13. The Balaban J connectivity index is 2.82. The van der Waals surface area contributed by atoms with Gasteiger partial charge in [-0.3, -0.25) is 0 Å². The predicted molar refractivity (Wildman–Crippen MR) is 59.6 cm³/mol. The smallest absolute Gasteiger partial charge is 0.177 e. The molecule has 0 radical (unpaired) electrons. The molecule has 82 valence electrons. The number of nitrogens with two attached hydrogens (primary N) is 1. The zero-order chi connectivity index (χ0) is 11.4. The van der Waals surface area contributed by atoms with Gasteiger partial charge in [0.05, 0.1) is 0 Å². The third kappa shape index (κ3) is 2.87. The van der Waals surface area contributed by atoms with E-state index in [0.717, 1.165) is 16.9 Å². The van der Waals surface area contributed by atoms with Gasteiger partial charge in [-0.25, -0.2) is 0 Å². The highest BCUT2D eigenvalue weighted by atomic mass is 16.5. The molecule has 0 heterocycles. The number of nitrogens with zero attached hydrogens (tertiary/aromatic N) is 1. The summed E-state index contributed by atoms with van der Waals surface area (Å²) in [5, 5.41) is 11.2. The Hall–Kier alpha value is -1.71. The standard InChI is InChI=1S/C11H16N2O2/c1-7-4-9(3)10(5-8(7)2)15-6-11(12)13-14/h4-5,14H,6H2,1-3H3,(H2,12,13). The molecular formula is C11H16N2O2. The maximum atomic E-state index is 8.36. The summed E-state index contributed by atoms with van der Waals surface area (Å²) < 4.78 is 5.41. The van der Waals surface area contributed by atoms with E-state index in [-0.39, 0.29) is 12.4 Å². The van der Waals surface area contributed by atoms with Crippen LogP contribution in [0.4, 0.5) is 0 Å². The molecule has 15 heavy (non-hydrogen) atoms. The Morgan fingerprint density at radius 1 is 1.27 bits per heavy atom. The van der Waals surface area contributed by atoms with Crippen LogP contribution in [0.15, 0.2) is 17.3 Å². The van der Waals surface area contributed by atoms with Gasteiger partial charge >= 0.3 is 0 Å². The van der Waals surface area contributed by atoms with E-state index in [1.165, 1.54) is 5.56 Å². The van der Waals surface area contributed by atoms with Crippen LogP contribution in [0.5, 0.6) is 5.75 Å². The summed E-state index contributed by atoms with van der Waals surface area (Å²) in [7, 11) is 0. The van der Waals surface area contributed by atoms with E-state index in [4.69, 9.17) is 15.7 Å². The average molecular weight is 208 g/mol. The summed E-state index contributed by atoms with van der Waals surface area (Å²) in [6, 6.07) is 4.01. The van der Waals surface area contributed by atoms with E-state index in [1.54, 1.807) is 0 Å². The minimum Gasteiger partial charge on any atom is -0.485 e. The fraction of sp³-hybridized carbons (Fsp3) is 0.364. The van der Waals surface area contributed by atoms with Crippen LogP contribution in [0, 0.1) is 20.8 Å². The second kappa shape index (κ2) is 4.68. The van der Waals surface area contributed by atoms with Gasteiger partial charge in [-0.2, -0.15) is 0 Å². The minimum atomic E-state index is 0.0626. The number of aryl methyl sites for hydroxylation is 3. The molecule has 3 N–H and O–H groups in total. The zero-order valence-electron chi connectivity index (χ0n) is 9.24. The maximum Gasteiger partial charge on any atom is 0.177 e. The van der Waals surface area contributed by atoms with E-state index in [2.05, 4.69) is 18.1 Å². The molecule has 0 aromatic heterocycles. The molecule has 4 heteroatoms. The molecule has 4 nitrogen and oxygen atoms in total. The molecule has 0 aliphatic heterocycles. The third-order valence-electron chi connectivity index (χ3n) is 2.30. The number of amidine groups is 1. The molecule has 0 aliphatic rings. The van der Waals surface area contributed by atoms with Crippen molar-refractivity contribution in [3.8, 4) is 5.75 Å². The van der Waals surface area contributed by atoms with Crippen molar-refractivity contribution in [3.63, 3.8) is 0 Å². The van der Waals surface area contributed by atoms with Crippen LogP contribution in [0.3, 0.4) is 0 Å². The third-order valence-corrected chi connectivity index (χ3v) is 2.30. The van der Waals surface area contributed by atoms with Gasteiger partial charge in [-0.1, -0.05) is 11.2 Å². The number of benzene rings is 1. The van der Waals surface area contributed by atoms with Crippen molar-refractivity contribution < 1.29 is 9.94 Å². The van der Waals surface area contributed by atoms with Gasteiger partial charge in [-0.15, -0.1) is 0 Å². The first-order valence-corrected chi connectivity index (χ1v) is 4.71. The molecule has 1 rings (SSSR count). The molecule has 0 amide bonds. The Kier molecular flexibility index (Phi) is 3.55. The highest BCUT2D eigenvalue weighted by Crippen LogP contribution is 2.22. The maximum absolute atomic E-state index is 8.36. The van der Waals surface area contributed by atoms with E-state index in [0.29, 0.717) is 0 Å². The lowest BCUT2D eigenvalue weighted by atomic mass is 10.1. The van der Waals surface area contributed by atoms with Crippen LogP contribution < -0.4 is 10.5 Å². The van der Waals surface area contributed by atoms with Gasteiger partial charge in [0.1, 0.15) is 12.4 Å². The molecule has 1 aromatic carbocycles. The SMILES string of the molecule is Cc1cc(C)c(OC/C(N)=N/O)cc1C. The van der Waals surface area contributed by atoms with Crippen molar-refractivity contribution in [1.82, 2.24) is 0 Å². The van der Waals surface area contributed by atoms with Gasteiger partial charge in [0.2, 0.25) is 0 Å². The number of hydrogen-bond acceptors (Lipinski definition) is 3. The number of ether oxygens (including phenoxy) is 1. The number of rotatable bonds is 3. The normalized spacial score (nSPS) is 11.5. The Morgan fingerprint density at radius 2 is 1.87 bits per heavy atom. The highest BCUT2D eigenvalue weighted by Gasteiger charge is 2.03. The van der Waals surface area contributed by atoms with Gasteiger partial charge in [0.15, 0.2) is 5.84 Å². The molecular weight excluding hydrogens is 192 g/mol. The van der Waals surface area contributed by atoms with Gasteiger partial charge in [0.25, 0.3) is 0 Å². The van der Waals surface area contributed by atoms with Crippen LogP contribution in [-0.2, 0) is 0 Å². The summed E-state index contributed by atoms with van der Waals surface area (Å²) in [5.74, 6) is 0.831. The molecule has 0 aliphatic carbocycles. The second-order valence-corrected chi connectivity index (χ2v) is 3.58. The van der Waals surface area contributed by atoms with E-state index in [1.807, 2.05) is 19.9 Å². The first-order valence-electron chi connectivity index (χ1n) is 4.71. The summed E-state index contributed by atoms with van der Waals surface area (Å²) in [4.78, 5) is 0. The summed E-state index contributed by atoms with van der Waals surface area (Å²) in [6.07, 6.45) is 0. The van der Waals surface area contributed by atoms with Crippen LogP contribution in [0.25, 0.3) is 0 Å². The molecule has 0 unspecified atom stereocenters. The van der Waals surface area contributed by atoms with Crippen molar-refractivity contribution in [2.75, 3.05) is 6.61 Å². The fourth-order valence-corrected chi connectivity index (χ4v) is 1.27. The largest absolute Gasteiger partial charge is 0.485 e. The number of oxime groups is 1. The minimum absolute atomic E-state index is 0.0626. The highest BCUT2D eigenvalue weighted by molar-refractivity contribution is 5.81. The summed E-state index contributed by atoms with van der Waals surface area (Å²) in [5.41, 5.74) is 8.75. The van der Waals surface area contributed by atoms with Gasteiger partial charge in [-0.05, 0) is 43.5 Å². The molecule has 0 saturated carbocycles. The van der Waals surface area contributed by atoms with E-state index >= 15 is 0 Å². The van der Waals surface area contributed by atoms with Crippen molar-refractivity contribution in [1.29, 1.82) is 0 Å². The zero-order valence-corrected chi connectivity index (χ0v) is 9.24. The Labute approximate surface area is 89.4 Å². The fourth-order valence-electron chi connectivity index (χ4n) is 1.27. The van der Waals surface area contributed by atoms with Crippen LogP contribution in [0.2, 0.25) is 0 Å². The molecule has 1 aromatic rings. The lowest BCUT2D eigenvalue weighted by Gasteiger charge is -2.10. The van der Waals surface area contributed by atoms with Crippen molar-refractivity contribution in [3.05, 3.63) is 28.8 Å². The molecule has 0 bridgehead atoms. The average Bonchev–Trinajstić information content (AvgIpc) is 2.21. The molecule has 0 fully saturated rings. The lowest BCUT2D eigenvalue weighted by molar-refractivity contribution is 0.306. The Morgan fingerprint density at radius 3 is 2.47 bits per heavy atom. The van der Waals surface area contributed by atoms with E-state index in [9.17, 15) is 0 Å². The van der Waals surface area contributed by atoms with E-state index < -0.39 is 0 Å². The van der Waals surface area contributed by atoms with Crippen LogP contribution in [0.1, 0.15) is 16.7 Å².